The summed E-state index contributed by atoms with van der Waals surface area (Å²) >= 11 is 0. The molecule has 148 valence electrons. The van der Waals surface area contributed by atoms with E-state index in [2.05, 4.69) is 43.9 Å². The van der Waals surface area contributed by atoms with Gasteiger partial charge in [-0.15, -0.1) is 0 Å². The third-order valence-electron chi connectivity index (χ3n) is 6.03. The van der Waals surface area contributed by atoms with E-state index in [4.69, 9.17) is 4.43 Å². The average molecular weight is 391 g/mol. The second-order valence-electron chi connectivity index (χ2n) is 9.01. The van der Waals surface area contributed by atoms with Gasteiger partial charge in [0.05, 0.1) is 22.7 Å². The standard InChI is InChI=1S/C19H30N4O3Si/c1-19(2,3)27(5,6)26-15-8-7-9-22(13-15)17-11-16-14(12-20-21(16)4)10-18(17)23(24)25/h10-12,15H,7-9,13H2,1-6H3/t15-/m1/s1. The molecule has 8 heteroatoms. The van der Waals surface area contributed by atoms with E-state index in [-0.39, 0.29) is 21.8 Å². The number of aryl methyl sites for hydroxylation is 1. The van der Waals surface area contributed by atoms with Gasteiger partial charge < -0.3 is 9.33 Å². The molecule has 1 fully saturated rings. The maximum Gasteiger partial charge on any atom is 0.293 e. The summed E-state index contributed by atoms with van der Waals surface area (Å²) < 4.78 is 8.36. The van der Waals surface area contributed by atoms with Crippen LogP contribution in [-0.2, 0) is 11.5 Å². The first kappa shape index (κ1) is 19.8. The Bertz CT molecular complexity index is 856. The molecular weight excluding hydrogens is 360 g/mol. The van der Waals surface area contributed by atoms with E-state index in [1.54, 1.807) is 16.9 Å². The van der Waals surface area contributed by atoms with Crippen molar-refractivity contribution in [1.29, 1.82) is 0 Å². The third kappa shape index (κ3) is 3.86. The van der Waals surface area contributed by atoms with Gasteiger partial charge in [0.1, 0.15) is 5.69 Å². The van der Waals surface area contributed by atoms with Crippen LogP contribution in [0.25, 0.3) is 10.9 Å². The monoisotopic (exact) mass is 390 g/mol. The molecule has 0 aliphatic carbocycles. The minimum absolute atomic E-state index is 0.112. The van der Waals surface area contributed by atoms with Crippen LogP contribution in [0.5, 0.6) is 0 Å². The topological polar surface area (TPSA) is 73.4 Å². The Morgan fingerprint density at radius 2 is 2.04 bits per heavy atom. The van der Waals surface area contributed by atoms with Crippen molar-refractivity contribution in [2.24, 2.45) is 7.05 Å². The van der Waals surface area contributed by atoms with Crippen LogP contribution in [0.1, 0.15) is 33.6 Å². The summed E-state index contributed by atoms with van der Waals surface area (Å²) in [5.74, 6) is 0. The van der Waals surface area contributed by atoms with Crippen LogP contribution in [0.3, 0.4) is 0 Å². The minimum atomic E-state index is -1.87. The molecule has 0 radical (unpaired) electrons. The number of hydrogen-bond donors (Lipinski definition) is 0. The number of piperidine rings is 1. The largest absolute Gasteiger partial charge is 0.412 e. The van der Waals surface area contributed by atoms with Crippen LogP contribution < -0.4 is 4.90 Å². The second kappa shape index (κ2) is 6.90. The van der Waals surface area contributed by atoms with Crippen LogP contribution in [0.4, 0.5) is 11.4 Å². The van der Waals surface area contributed by atoms with Crippen molar-refractivity contribution in [2.75, 3.05) is 18.0 Å². The molecule has 0 spiro atoms. The number of rotatable bonds is 4. The fourth-order valence-corrected chi connectivity index (χ4v) is 4.80. The first-order chi connectivity index (χ1) is 12.5. The van der Waals surface area contributed by atoms with Crippen LogP contribution in [0.15, 0.2) is 18.3 Å². The van der Waals surface area contributed by atoms with Gasteiger partial charge in [0.15, 0.2) is 8.32 Å². The second-order valence-corrected chi connectivity index (χ2v) is 13.8. The van der Waals surface area contributed by atoms with Crippen LogP contribution >= 0.6 is 0 Å². The highest BCUT2D eigenvalue weighted by Crippen LogP contribution is 2.39. The number of nitro benzene ring substituents is 1. The number of fused-ring (bicyclic) bond motifs is 1. The van der Waals surface area contributed by atoms with Gasteiger partial charge in [0.2, 0.25) is 0 Å². The molecule has 1 aliphatic heterocycles. The fraction of sp³-hybridized carbons (Fsp3) is 0.632. The number of nitrogens with zero attached hydrogens (tertiary/aromatic N) is 4. The van der Waals surface area contributed by atoms with E-state index in [0.717, 1.165) is 30.3 Å². The van der Waals surface area contributed by atoms with Crippen LogP contribution in [-0.4, -0.2) is 42.2 Å². The van der Waals surface area contributed by atoms with E-state index >= 15 is 0 Å². The van der Waals surface area contributed by atoms with E-state index in [1.807, 2.05) is 13.1 Å². The molecule has 0 bridgehead atoms. The first-order valence-electron chi connectivity index (χ1n) is 9.52. The van der Waals surface area contributed by atoms with Crippen LogP contribution in [0, 0.1) is 10.1 Å². The molecule has 2 heterocycles. The highest BCUT2D eigenvalue weighted by molar-refractivity contribution is 6.74. The molecule has 0 N–H and O–H groups in total. The molecule has 7 nitrogen and oxygen atoms in total. The summed E-state index contributed by atoms with van der Waals surface area (Å²) in [5, 5.41) is 16.9. The molecule has 1 atom stereocenters. The normalized spacial score (nSPS) is 18.9. The summed E-state index contributed by atoms with van der Waals surface area (Å²) in [5.41, 5.74) is 1.71. The SMILES string of the molecule is Cn1ncc2cc([N+](=O)[O-])c(N3CCC[C@@H](O[Si](C)(C)C(C)(C)C)C3)cc21. The molecule has 1 aromatic carbocycles. The van der Waals surface area contributed by atoms with Crippen molar-refractivity contribution >= 4 is 30.6 Å². The first-order valence-corrected chi connectivity index (χ1v) is 12.4. The highest BCUT2D eigenvalue weighted by Gasteiger charge is 2.40. The average Bonchev–Trinajstić information content (AvgIpc) is 2.93. The van der Waals surface area contributed by atoms with Crippen molar-refractivity contribution in [3.8, 4) is 0 Å². The Kier molecular flexibility index (Phi) is 5.07. The maximum atomic E-state index is 11.7. The number of benzene rings is 1. The molecule has 0 amide bonds. The number of aromatic nitrogens is 2. The number of hydrogen-bond acceptors (Lipinski definition) is 5. The van der Waals surface area contributed by atoms with Gasteiger partial charge in [-0.3, -0.25) is 14.8 Å². The molecule has 3 rings (SSSR count). The van der Waals surface area contributed by atoms with Crippen molar-refractivity contribution in [2.45, 2.75) is 57.8 Å². The van der Waals surface area contributed by atoms with Crippen molar-refractivity contribution in [3.63, 3.8) is 0 Å². The van der Waals surface area contributed by atoms with Crippen LogP contribution in [0.2, 0.25) is 18.1 Å². The molecule has 1 saturated heterocycles. The summed E-state index contributed by atoms with van der Waals surface area (Å²) in [7, 11) is -0.0161. The maximum absolute atomic E-state index is 11.7. The summed E-state index contributed by atoms with van der Waals surface area (Å²) in [6, 6.07) is 3.53. The predicted molar refractivity (Wildman–Crippen MR) is 111 cm³/mol. The lowest BCUT2D eigenvalue weighted by Crippen LogP contribution is -2.49. The molecule has 1 aromatic heterocycles. The van der Waals surface area contributed by atoms with Crippen molar-refractivity contribution < 1.29 is 9.35 Å². The Hall–Kier alpha value is -1.93. The van der Waals surface area contributed by atoms with E-state index in [9.17, 15) is 10.1 Å². The molecule has 27 heavy (non-hydrogen) atoms. The van der Waals surface area contributed by atoms with Gasteiger partial charge in [-0.05, 0) is 37.0 Å². The Labute approximate surface area is 161 Å². The number of anilines is 1. The van der Waals surface area contributed by atoms with Crippen molar-refractivity contribution in [1.82, 2.24) is 9.78 Å². The molecule has 0 unspecified atom stereocenters. The zero-order valence-electron chi connectivity index (χ0n) is 17.2. The lowest BCUT2D eigenvalue weighted by molar-refractivity contribution is -0.384. The van der Waals surface area contributed by atoms with E-state index in [1.165, 1.54) is 0 Å². The van der Waals surface area contributed by atoms with Gasteiger partial charge in [0, 0.05) is 31.6 Å². The molecule has 0 saturated carbocycles. The fourth-order valence-electron chi connectivity index (χ4n) is 3.42. The van der Waals surface area contributed by atoms with Gasteiger partial charge >= 0.3 is 0 Å². The van der Waals surface area contributed by atoms with Gasteiger partial charge in [-0.2, -0.15) is 5.10 Å². The third-order valence-corrected chi connectivity index (χ3v) is 10.6. The van der Waals surface area contributed by atoms with Gasteiger partial charge in [-0.25, -0.2) is 0 Å². The summed E-state index contributed by atoms with van der Waals surface area (Å²) in [6.07, 6.45) is 3.76. The molecule has 2 aromatic rings. The van der Waals surface area contributed by atoms with E-state index in [0.29, 0.717) is 12.2 Å². The van der Waals surface area contributed by atoms with E-state index < -0.39 is 8.32 Å². The molecule has 1 aliphatic rings. The lowest BCUT2D eigenvalue weighted by Gasteiger charge is -2.42. The smallest absolute Gasteiger partial charge is 0.293 e. The van der Waals surface area contributed by atoms with Gasteiger partial charge in [0.25, 0.3) is 5.69 Å². The lowest BCUT2D eigenvalue weighted by atomic mass is 10.1. The Morgan fingerprint density at radius 3 is 2.67 bits per heavy atom. The molecular formula is C19H30N4O3Si. The Morgan fingerprint density at radius 1 is 1.33 bits per heavy atom. The summed E-state index contributed by atoms with van der Waals surface area (Å²) in [4.78, 5) is 13.5. The minimum Gasteiger partial charge on any atom is -0.412 e. The zero-order chi connectivity index (χ0) is 20.0. The summed E-state index contributed by atoms with van der Waals surface area (Å²) in [6.45, 7) is 12.7. The van der Waals surface area contributed by atoms with Gasteiger partial charge in [-0.1, -0.05) is 20.8 Å². The quantitative estimate of drug-likeness (QED) is 0.437. The van der Waals surface area contributed by atoms with Crippen molar-refractivity contribution in [3.05, 3.63) is 28.4 Å². The number of nitro groups is 1. The highest BCUT2D eigenvalue weighted by atomic mass is 28.4. The zero-order valence-corrected chi connectivity index (χ0v) is 18.2. The Balaban J connectivity index is 1.90. The predicted octanol–water partition coefficient (Wildman–Crippen LogP) is 4.47.